The lowest BCUT2D eigenvalue weighted by atomic mass is 10.3. The second-order valence-corrected chi connectivity index (χ2v) is 4.48. The highest BCUT2D eigenvalue weighted by Crippen LogP contribution is 2.30. The maximum Gasteiger partial charge on any atom is 0.441 e. The fraction of sp³-hybridized carbons (Fsp3) is 0.364. The predicted molar refractivity (Wildman–Crippen MR) is 64.8 cm³/mol. The molecule has 0 fully saturated rings. The Hall–Kier alpha value is -1.37. The molecule has 0 spiro atoms. The molecule has 1 aromatic rings. The van der Waals surface area contributed by atoms with Crippen molar-refractivity contribution in [2.45, 2.75) is 11.9 Å². The molecular weight excluding hydrogens is 267 g/mol. The van der Waals surface area contributed by atoms with E-state index < -0.39 is 11.4 Å². The van der Waals surface area contributed by atoms with Gasteiger partial charge in [-0.1, -0.05) is 11.8 Å². The van der Waals surface area contributed by atoms with Crippen LogP contribution in [-0.2, 0) is 4.79 Å². The second-order valence-electron chi connectivity index (χ2n) is 3.32. The number of methoxy groups -OCH3 is 1. The fourth-order valence-corrected chi connectivity index (χ4v) is 1.68. The summed E-state index contributed by atoms with van der Waals surface area (Å²) in [5.74, 6) is -0.0941. The van der Waals surface area contributed by atoms with Gasteiger partial charge in [0.1, 0.15) is 5.75 Å². The number of amides is 1. The van der Waals surface area contributed by atoms with Crippen LogP contribution in [0.2, 0.25) is 0 Å². The average Bonchev–Trinajstić information content (AvgIpc) is 2.28. The molecule has 100 valence electrons. The van der Waals surface area contributed by atoms with E-state index in [9.17, 15) is 18.0 Å². The standard InChI is InChI=1S/C11H12F3NO2S/c1-17-9-4-2-8(3-5-9)15-10(16)6-7-18-11(12,13)14/h2-5H,6-7H2,1H3,(H,15,16). The molecule has 0 bridgehead atoms. The summed E-state index contributed by atoms with van der Waals surface area (Å²) in [6.07, 6.45) is -0.184. The summed E-state index contributed by atoms with van der Waals surface area (Å²) in [5.41, 5.74) is -3.77. The van der Waals surface area contributed by atoms with Gasteiger partial charge in [0.25, 0.3) is 0 Å². The fourth-order valence-electron chi connectivity index (χ4n) is 1.16. The van der Waals surface area contributed by atoms with Crippen LogP contribution >= 0.6 is 11.8 Å². The Morgan fingerprint density at radius 3 is 2.44 bits per heavy atom. The van der Waals surface area contributed by atoms with Crippen molar-refractivity contribution in [2.24, 2.45) is 0 Å². The lowest BCUT2D eigenvalue weighted by molar-refractivity contribution is -0.115. The molecule has 0 aromatic heterocycles. The molecule has 0 saturated carbocycles. The lowest BCUT2D eigenvalue weighted by Gasteiger charge is -2.07. The zero-order valence-corrected chi connectivity index (χ0v) is 10.4. The molecule has 0 aliphatic heterocycles. The smallest absolute Gasteiger partial charge is 0.441 e. The molecule has 0 radical (unpaired) electrons. The summed E-state index contributed by atoms with van der Waals surface area (Å²) in [6.45, 7) is 0. The molecule has 0 heterocycles. The van der Waals surface area contributed by atoms with Crippen molar-refractivity contribution in [3.05, 3.63) is 24.3 Å². The zero-order valence-electron chi connectivity index (χ0n) is 9.58. The van der Waals surface area contributed by atoms with Crippen LogP contribution in [0, 0.1) is 0 Å². The van der Waals surface area contributed by atoms with Gasteiger partial charge in [0.15, 0.2) is 0 Å². The predicted octanol–water partition coefficient (Wildman–Crippen LogP) is 3.28. The van der Waals surface area contributed by atoms with E-state index in [4.69, 9.17) is 4.74 Å². The van der Waals surface area contributed by atoms with Crippen LogP contribution in [0.4, 0.5) is 18.9 Å². The van der Waals surface area contributed by atoms with Crippen molar-refractivity contribution >= 4 is 23.4 Å². The van der Waals surface area contributed by atoms with Gasteiger partial charge in [0.05, 0.1) is 7.11 Å². The third-order valence-electron chi connectivity index (χ3n) is 1.97. The maximum atomic E-state index is 11.8. The van der Waals surface area contributed by atoms with Crippen LogP contribution < -0.4 is 10.1 Å². The molecule has 3 nitrogen and oxygen atoms in total. The molecule has 0 atom stereocenters. The highest BCUT2D eigenvalue weighted by molar-refractivity contribution is 8.00. The lowest BCUT2D eigenvalue weighted by Crippen LogP contribution is -2.13. The minimum atomic E-state index is -4.29. The van der Waals surface area contributed by atoms with Crippen molar-refractivity contribution < 1.29 is 22.7 Å². The highest BCUT2D eigenvalue weighted by Gasteiger charge is 2.27. The third-order valence-corrected chi connectivity index (χ3v) is 2.70. The van der Waals surface area contributed by atoms with E-state index in [2.05, 4.69) is 5.32 Å². The number of thioether (sulfide) groups is 1. The molecule has 18 heavy (non-hydrogen) atoms. The first-order valence-corrected chi connectivity index (χ1v) is 6.04. The van der Waals surface area contributed by atoms with Crippen LogP contribution in [0.3, 0.4) is 0 Å². The van der Waals surface area contributed by atoms with Crippen molar-refractivity contribution in [3.8, 4) is 5.75 Å². The van der Waals surface area contributed by atoms with Crippen LogP contribution in [0.1, 0.15) is 6.42 Å². The average molecular weight is 279 g/mol. The van der Waals surface area contributed by atoms with Gasteiger partial charge in [-0.3, -0.25) is 4.79 Å². The highest BCUT2D eigenvalue weighted by atomic mass is 32.2. The van der Waals surface area contributed by atoms with E-state index >= 15 is 0 Å². The van der Waals surface area contributed by atoms with Crippen molar-refractivity contribution in [1.29, 1.82) is 0 Å². The quantitative estimate of drug-likeness (QED) is 0.899. The van der Waals surface area contributed by atoms with Gasteiger partial charge in [-0.2, -0.15) is 13.2 Å². The first-order valence-electron chi connectivity index (χ1n) is 5.05. The second kappa shape index (κ2) is 6.53. The monoisotopic (exact) mass is 279 g/mol. The van der Waals surface area contributed by atoms with Crippen LogP contribution in [-0.4, -0.2) is 24.3 Å². The van der Waals surface area contributed by atoms with Crippen molar-refractivity contribution in [3.63, 3.8) is 0 Å². The van der Waals surface area contributed by atoms with Crippen molar-refractivity contribution in [2.75, 3.05) is 18.2 Å². The minimum absolute atomic E-state index is 0.184. The largest absolute Gasteiger partial charge is 0.497 e. The molecule has 7 heteroatoms. The number of nitrogens with one attached hydrogen (secondary N) is 1. The number of carbonyl (C=O) groups excluding carboxylic acids is 1. The molecule has 1 N–H and O–H groups in total. The Labute approximate surface area is 107 Å². The topological polar surface area (TPSA) is 38.3 Å². The molecule has 1 rings (SSSR count). The van der Waals surface area contributed by atoms with E-state index in [1.54, 1.807) is 24.3 Å². The van der Waals surface area contributed by atoms with Gasteiger partial charge in [-0.05, 0) is 24.3 Å². The summed E-state index contributed by atoms with van der Waals surface area (Å²) in [7, 11) is 1.52. The van der Waals surface area contributed by atoms with Gasteiger partial charge in [-0.15, -0.1) is 0 Å². The summed E-state index contributed by atoms with van der Waals surface area (Å²) in [4.78, 5) is 11.3. The van der Waals surface area contributed by atoms with Gasteiger partial charge in [0.2, 0.25) is 5.91 Å². The summed E-state index contributed by atoms with van der Waals surface area (Å²) >= 11 is -0.202. The molecule has 0 saturated heterocycles. The summed E-state index contributed by atoms with van der Waals surface area (Å²) < 4.78 is 40.4. The zero-order chi connectivity index (χ0) is 13.6. The number of ether oxygens (including phenoxy) is 1. The normalized spacial score (nSPS) is 11.1. The Balaban J connectivity index is 2.35. The van der Waals surface area contributed by atoms with Crippen LogP contribution in [0.25, 0.3) is 0 Å². The number of alkyl halides is 3. The Bertz CT molecular complexity index is 392. The minimum Gasteiger partial charge on any atom is -0.497 e. The van der Waals surface area contributed by atoms with E-state index in [1.807, 2.05) is 0 Å². The van der Waals surface area contributed by atoms with Gasteiger partial charge < -0.3 is 10.1 Å². The molecule has 0 aliphatic carbocycles. The number of anilines is 1. The first kappa shape index (κ1) is 14.7. The number of halogens is 3. The third kappa shape index (κ3) is 5.81. The number of carbonyl (C=O) groups is 1. The molecule has 1 amide bonds. The molecular formula is C11H12F3NO2S. The Morgan fingerprint density at radius 2 is 1.94 bits per heavy atom. The molecule has 0 aliphatic rings. The molecule has 0 unspecified atom stereocenters. The van der Waals surface area contributed by atoms with E-state index in [0.29, 0.717) is 11.4 Å². The molecule has 1 aromatic carbocycles. The van der Waals surface area contributed by atoms with Crippen LogP contribution in [0.5, 0.6) is 5.75 Å². The Kier molecular flexibility index (Phi) is 5.33. The maximum absolute atomic E-state index is 11.8. The Morgan fingerprint density at radius 1 is 1.33 bits per heavy atom. The number of hydrogen-bond donors (Lipinski definition) is 1. The number of rotatable bonds is 5. The van der Waals surface area contributed by atoms with Gasteiger partial charge in [-0.25, -0.2) is 0 Å². The van der Waals surface area contributed by atoms with E-state index in [1.165, 1.54) is 7.11 Å². The van der Waals surface area contributed by atoms with E-state index in [0.717, 1.165) is 0 Å². The first-order chi connectivity index (χ1) is 8.40. The van der Waals surface area contributed by atoms with Gasteiger partial charge >= 0.3 is 5.51 Å². The number of benzene rings is 1. The van der Waals surface area contributed by atoms with Gasteiger partial charge in [0, 0.05) is 17.9 Å². The number of hydrogen-bond acceptors (Lipinski definition) is 3. The van der Waals surface area contributed by atoms with Crippen molar-refractivity contribution in [1.82, 2.24) is 0 Å². The SMILES string of the molecule is COc1ccc(NC(=O)CCSC(F)(F)F)cc1. The van der Waals surface area contributed by atoms with Crippen LogP contribution in [0.15, 0.2) is 24.3 Å². The summed E-state index contributed by atoms with van der Waals surface area (Å²) in [6, 6.07) is 6.54. The summed E-state index contributed by atoms with van der Waals surface area (Å²) in [5, 5.41) is 2.50. The van der Waals surface area contributed by atoms with E-state index in [-0.39, 0.29) is 23.9 Å².